The molecule has 1 aromatic carbocycles. The van der Waals surface area contributed by atoms with E-state index >= 15 is 0 Å². The molecule has 4 rings (SSSR count). The van der Waals surface area contributed by atoms with Crippen molar-refractivity contribution in [3.63, 3.8) is 0 Å². The van der Waals surface area contributed by atoms with Gasteiger partial charge < -0.3 is 5.32 Å². The van der Waals surface area contributed by atoms with E-state index in [1.807, 2.05) is 58.0 Å². The Morgan fingerprint density at radius 3 is 2.76 bits per heavy atom. The van der Waals surface area contributed by atoms with E-state index in [-0.39, 0.29) is 29.3 Å². The summed E-state index contributed by atoms with van der Waals surface area (Å²) in [6.45, 7) is 8.02. The van der Waals surface area contributed by atoms with Crippen LogP contribution in [0.25, 0.3) is 10.9 Å². The lowest BCUT2D eigenvalue weighted by molar-refractivity contribution is -0.116. The molecule has 7 heteroatoms. The molecule has 0 radical (unpaired) electrons. The minimum atomic E-state index is -0.196. The van der Waals surface area contributed by atoms with Gasteiger partial charge in [0.05, 0.1) is 22.9 Å². The molecule has 6 nitrogen and oxygen atoms in total. The first kappa shape index (κ1) is 19.6. The van der Waals surface area contributed by atoms with Crippen LogP contribution in [0.3, 0.4) is 0 Å². The first-order valence-corrected chi connectivity index (χ1v) is 10.6. The van der Waals surface area contributed by atoms with E-state index in [1.54, 1.807) is 10.6 Å². The first-order valence-electron chi connectivity index (χ1n) is 9.65. The van der Waals surface area contributed by atoms with E-state index in [4.69, 9.17) is 0 Å². The van der Waals surface area contributed by atoms with Gasteiger partial charge in [-0.1, -0.05) is 50.7 Å². The van der Waals surface area contributed by atoms with Crippen molar-refractivity contribution in [3.8, 4) is 0 Å². The molecule has 0 saturated heterocycles. The Hall–Kier alpha value is -2.67. The van der Waals surface area contributed by atoms with Crippen LogP contribution in [0.2, 0.25) is 0 Å². The topological polar surface area (TPSA) is 76.9 Å². The number of pyridine rings is 1. The number of rotatable bonds is 3. The Morgan fingerprint density at radius 1 is 1.24 bits per heavy atom. The monoisotopic (exact) mass is 408 g/mol. The predicted octanol–water partition coefficient (Wildman–Crippen LogP) is 4.07. The molecule has 1 amide bonds. The van der Waals surface area contributed by atoms with Gasteiger partial charge in [-0.25, -0.2) is 4.98 Å². The molecule has 2 aromatic heterocycles. The van der Waals surface area contributed by atoms with E-state index in [1.165, 1.54) is 11.8 Å². The van der Waals surface area contributed by atoms with Gasteiger partial charge in [-0.15, -0.1) is 0 Å². The third kappa shape index (κ3) is 3.92. The quantitative estimate of drug-likeness (QED) is 0.661. The number of aromatic nitrogens is 3. The molecule has 1 N–H and O–H groups in total. The van der Waals surface area contributed by atoms with Crippen LogP contribution >= 0.6 is 11.8 Å². The number of para-hydroxylation sites is 1. The van der Waals surface area contributed by atoms with Crippen molar-refractivity contribution in [2.45, 2.75) is 50.7 Å². The summed E-state index contributed by atoms with van der Waals surface area (Å²) in [4.78, 5) is 34.7. The molecular weight excluding hydrogens is 384 g/mol. The molecule has 0 aliphatic carbocycles. The number of nitrogens with one attached hydrogen (secondary N) is 1. The summed E-state index contributed by atoms with van der Waals surface area (Å²) in [5.41, 5.74) is 2.94. The number of carbonyl (C=O) groups is 1. The van der Waals surface area contributed by atoms with Gasteiger partial charge in [-0.3, -0.25) is 19.1 Å². The lowest BCUT2D eigenvalue weighted by Gasteiger charge is -2.19. The molecule has 150 valence electrons. The number of fused-ring (bicyclic) bond motifs is 2. The number of nitrogens with zero attached hydrogens (tertiary/aromatic N) is 3. The zero-order chi connectivity index (χ0) is 20.8. The average molecular weight is 409 g/mol. The van der Waals surface area contributed by atoms with Crippen LogP contribution in [0.15, 0.2) is 46.3 Å². The summed E-state index contributed by atoms with van der Waals surface area (Å²) < 4.78 is 1.66. The van der Waals surface area contributed by atoms with Gasteiger partial charge in [-0.2, -0.15) is 0 Å². The third-order valence-electron chi connectivity index (χ3n) is 5.00. The van der Waals surface area contributed by atoms with Gasteiger partial charge in [0.1, 0.15) is 0 Å². The Bertz CT molecular complexity index is 1160. The fourth-order valence-electron chi connectivity index (χ4n) is 3.51. The van der Waals surface area contributed by atoms with Gasteiger partial charge in [-0.05, 0) is 19.1 Å². The fraction of sp³-hybridized carbons (Fsp3) is 0.364. The second-order valence-corrected chi connectivity index (χ2v) is 9.41. The second kappa shape index (κ2) is 7.30. The minimum Gasteiger partial charge on any atom is -0.325 e. The molecule has 1 aliphatic rings. The number of amides is 1. The molecular formula is C22H24N4O2S. The maximum Gasteiger partial charge on any atom is 0.254 e. The molecule has 3 heterocycles. The molecule has 0 bridgehead atoms. The molecule has 1 atom stereocenters. The SMILES string of the molecule is Cc1cc(NC(=O)CC2CSc3nc(C(C)(C)C)cc(=O)n32)c2ccccc2n1. The highest BCUT2D eigenvalue weighted by molar-refractivity contribution is 7.99. The highest BCUT2D eigenvalue weighted by Gasteiger charge is 2.29. The summed E-state index contributed by atoms with van der Waals surface area (Å²) in [6.07, 6.45) is 0.228. The molecule has 0 spiro atoms. The molecule has 0 saturated carbocycles. The average Bonchev–Trinajstić information content (AvgIpc) is 3.04. The van der Waals surface area contributed by atoms with Gasteiger partial charge in [0.15, 0.2) is 5.16 Å². The molecule has 1 aliphatic heterocycles. The van der Waals surface area contributed by atoms with Crippen LogP contribution in [0.5, 0.6) is 0 Å². The maximum atomic E-state index is 12.8. The van der Waals surface area contributed by atoms with Crippen LogP contribution < -0.4 is 10.9 Å². The highest BCUT2D eigenvalue weighted by atomic mass is 32.2. The van der Waals surface area contributed by atoms with Gasteiger partial charge in [0.25, 0.3) is 5.56 Å². The lowest BCUT2D eigenvalue weighted by atomic mass is 9.92. The Labute approximate surface area is 173 Å². The molecule has 29 heavy (non-hydrogen) atoms. The van der Waals surface area contributed by atoms with Crippen molar-refractivity contribution in [1.82, 2.24) is 14.5 Å². The Kier molecular flexibility index (Phi) is 4.94. The van der Waals surface area contributed by atoms with E-state index in [2.05, 4.69) is 15.3 Å². The number of carbonyl (C=O) groups excluding carboxylic acids is 1. The zero-order valence-electron chi connectivity index (χ0n) is 17.0. The van der Waals surface area contributed by atoms with Gasteiger partial charge >= 0.3 is 0 Å². The van der Waals surface area contributed by atoms with Crippen molar-refractivity contribution in [2.24, 2.45) is 0 Å². The van der Waals surface area contributed by atoms with Crippen molar-refractivity contribution >= 4 is 34.3 Å². The van der Waals surface area contributed by atoms with Crippen molar-refractivity contribution in [3.05, 3.63) is 58.1 Å². The molecule has 0 fully saturated rings. The van der Waals surface area contributed by atoms with Crippen LogP contribution in [-0.2, 0) is 10.2 Å². The van der Waals surface area contributed by atoms with Crippen molar-refractivity contribution in [1.29, 1.82) is 0 Å². The number of anilines is 1. The predicted molar refractivity (Wildman–Crippen MR) is 117 cm³/mol. The summed E-state index contributed by atoms with van der Waals surface area (Å²) >= 11 is 1.54. The van der Waals surface area contributed by atoms with Crippen LogP contribution in [0.4, 0.5) is 5.69 Å². The van der Waals surface area contributed by atoms with Crippen LogP contribution in [0.1, 0.15) is 44.6 Å². The van der Waals surface area contributed by atoms with Crippen molar-refractivity contribution in [2.75, 3.05) is 11.1 Å². The summed E-state index contributed by atoms with van der Waals surface area (Å²) in [5, 5.41) is 4.62. The van der Waals surface area contributed by atoms with Gasteiger partial charge in [0, 0.05) is 34.7 Å². The lowest BCUT2D eigenvalue weighted by Crippen LogP contribution is -2.29. The van der Waals surface area contributed by atoms with Crippen molar-refractivity contribution < 1.29 is 4.79 Å². The number of benzene rings is 1. The third-order valence-corrected chi connectivity index (χ3v) is 6.10. The normalized spacial score (nSPS) is 16.1. The Balaban J connectivity index is 1.57. The Morgan fingerprint density at radius 2 is 2.00 bits per heavy atom. The number of hydrogen-bond donors (Lipinski definition) is 1. The van der Waals surface area contributed by atoms with Crippen LogP contribution in [0, 0.1) is 6.92 Å². The number of aryl methyl sites for hydroxylation is 1. The highest BCUT2D eigenvalue weighted by Crippen LogP contribution is 2.34. The van der Waals surface area contributed by atoms with E-state index in [0.29, 0.717) is 10.9 Å². The number of hydrogen-bond acceptors (Lipinski definition) is 5. The van der Waals surface area contributed by atoms with Crippen LogP contribution in [-0.4, -0.2) is 26.2 Å². The summed E-state index contributed by atoms with van der Waals surface area (Å²) in [7, 11) is 0. The fourth-order valence-corrected chi connectivity index (χ4v) is 4.66. The van der Waals surface area contributed by atoms with E-state index in [0.717, 1.165) is 28.0 Å². The zero-order valence-corrected chi connectivity index (χ0v) is 17.8. The molecule has 3 aromatic rings. The minimum absolute atomic E-state index is 0.0899. The standard InChI is InChI=1S/C22H24N4O2S/c1-13-9-17(15-7-5-6-8-16(15)23-13)24-19(27)10-14-12-29-21-25-18(22(2,3)4)11-20(28)26(14)21/h5-9,11,14H,10,12H2,1-4H3,(H,23,24,27). The van der Waals surface area contributed by atoms with E-state index < -0.39 is 0 Å². The smallest absolute Gasteiger partial charge is 0.254 e. The summed E-state index contributed by atoms with van der Waals surface area (Å²) in [5.74, 6) is 0.547. The van der Waals surface area contributed by atoms with E-state index in [9.17, 15) is 9.59 Å². The largest absolute Gasteiger partial charge is 0.325 e. The maximum absolute atomic E-state index is 12.8. The summed E-state index contributed by atoms with van der Waals surface area (Å²) in [6, 6.07) is 11.0. The molecule has 1 unspecified atom stereocenters. The number of thioether (sulfide) groups is 1. The van der Waals surface area contributed by atoms with Gasteiger partial charge in [0.2, 0.25) is 5.91 Å². The second-order valence-electron chi connectivity index (χ2n) is 8.43. The first-order chi connectivity index (χ1) is 13.7.